The zero-order valence-electron chi connectivity index (χ0n) is 13.5. The Bertz CT molecular complexity index is 481. The second-order valence-electron chi connectivity index (χ2n) is 6.38. The third-order valence-electron chi connectivity index (χ3n) is 4.23. The van der Waals surface area contributed by atoms with Crippen molar-refractivity contribution < 1.29 is 4.79 Å². The molecule has 1 aromatic rings. The molecule has 0 spiro atoms. The third-order valence-corrected chi connectivity index (χ3v) is 4.23. The zero-order chi connectivity index (χ0) is 15.6. The quantitative estimate of drug-likeness (QED) is 0.930. The number of carbonyl (C=O) groups excluding carboxylic acids is 1. The number of carbonyl (C=O) groups is 1. The van der Waals surface area contributed by atoms with Crippen LogP contribution in [-0.2, 0) is 4.79 Å². The maximum Gasteiger partial charge on any atom is 0.223 e. The van der Waals surface area contributed by atoms with Gasteiger partial charge in [-0.25, -0.2) is 0 Å². The molecule has 0 bridgehead atoms. The van der Waals surface area contributed by atoms with Crippen molar-refractivity contribution in [3.8, 4) is 0 Å². The van der Waals surface area contributed by atoms with Crippen molar-refractivity contribution in [2.45, 2.75) is 51.2 Å². The van der Waals surface area contributed by atoms with Crippen LogP contribution in [0.3, 0.4) is 0 Å². The molecule has 4 nitrogen and oxygen atoms in total. The molecule has 116 valence electrons. The minimum Gasteiger partial charge on any atom is -0.378 e. The highest BCUT2D eigenvalue weighted by molar-refractivity contribution is 5.77. The number of hydrogen-bond acceptors (Lipinski definition) is 3. The molecule has 0 aromatic heterocycles. The zero-order valence-corrected chi connectivity index (χ0v) is 13.5. The standard InChI is InChI=1S/C17H27N3O/c1-12(2)20-16(21)7-5-6-15(18)17(20)13-8-10-14(11-9-13)19(3)4/h8-12,15,17H,5-7,18H2,1-4H3. The van der Waals surface area contributed by atoms with Crippen LogP contribution in [0.25, 0.3) is 0 Å². The predicted molar refractivity (Wildman–Crippen MR) is 87.3 cm³/mol. The van der Waals surface area contributed by atoms with Gasteiger partial charge in [0.1, 0.15) is 0 Å². The molecule has 0 aliphatic carbocycles. The molecule has 1 aromatic carbocycles. The Hall–Kier alpha value is -1.55. The minimum atomic E-state index is -0.0174. The van der Waals surface area contributed by atoms with Crippen molar-refractivity contribution in [1.29, 1.82) is 0 Å². The van der Waals surface area contributed by atoms with Crippen LogP contribution in [0.1, 0.15) is 44.7 Å². The molecule has 1 saturated heterocycles. The van der Waals surface area contributed by atoms with Gasteiger partial charge in [-0.2, -0.15) is 0 Å². The van der Waals surface area contributed by atoms with Gasteiger partial charge in [0.25, 0.3) is 0 Å². The summed E-state index contributed by atoms with van der Waals surface area (Å²) in [6.45, 7) is 4.13. The van der Waals surface area contributed by atoms with Crippen LogP contribution >= 0.6 is 0 Å². The van der Waals surface area contributed by atoms with Crippen LogP contribution in [-0.4, -0.2) is 37.0 Å². The number of anilines is 1. The lowest BCUT2D eigenvalue weighted by Crippen LogP contribution is -2.45. The summed E-state index contributed by atoms with van der Waals surface area (Å²) in [5.74, 6) is 0.222. The van der Waals surface area contributed by atoms with Gasteiger partial charge in [-0.3, -0.25) is 4.79 Å². The first-order valence-corrected chi connectivity index (χ1v) is 7.76. The minimum absolute atomic E-state index is 0.00376. The molecule has 2 unspecified atom stereocenters. The van der Waals surface area contributed by atoms with Crippen molar-refractivity contribution in [2.24, 2.45) is 5.73 Å². The van der Waals surface area contributed by atoms with E-state index in [1.807, 2.05) is 19.0 Å². The fourth-order valence-corrected chi connectivity index (χ4v) is 3.12. The molecule has 2 atom stereocenters. The van der Waals surface area contributed by atoms with E-state index < -0.39 is 0 Å². The first kappa shape index (κ1) is 15.8. The summed E-state index contributed by atoms with van der Waals surface area (Å²) in [4.78, 5) is 16.5. The Kier molecular flexibility index (Phi) is 4.88. The van der Waals surface area contributed by atoms with E-state index in [1.165, 1.54) is 0 Å². The number of benzene rings is 1. The summed E-state index contributed by atoms with van der Waals surface area (Å²) in [7, 11) is 4.05. The van der Waals surface area contributed by atoms with E-state index in [9.17, 15) is 4.79 Å². The van der Waals surface area contributed by atoms with Crippen molar-refractivity contribution >= 4 is 11.6 Å². The van der Waals surface area contributed by atoms with E-state index >= 15 is 0 Å². The number of hydrogen-bond donors (Lipinski definition) is 1. The predicted octanol–water partition coefficient (Wildman–Crippen LogP) is 2.54. The summed E-state index contributed by atoms with van der Waals surface area (Å²) in [6.07, 6.45) is 2.39. The number of nitrogens with zero attached hydrogens (tertiary/aromatic N) is 2. The fourth-order valence-electron chi connectivity index (χ4n) is 3.12. The average Bonchev–Trinajstić information content (AvgIpc) is 2.57. The van der Waals surface area contributed by atoms with E-state index in [2.05, 4.69) is 43.0 Å². The van der Waals surface area contributed by atoms with Crippen LogP contribution < -0.4 is 10.6 Å². The van der Waals surface area contributed by atoms with Gasteiger partial charge in [0.05, 0.1) is 6.04 Å². The molecule has 0 radical (unpaired) electrons. The van der Waals surface area contributed by atoms with E-state index in [1.54, 1.807) is 0 Å². The Labute approximate surface area is 127 Å². The van der Waals surface area contributed by atoms with E-state index in [4.69, 9.17) is 5.73 Å². The summed E-state index contributed by atoms with van der Waals surface area (Å²) >= 11 is 0. The van der Waals surface area contributed by atoms with Gasteiger partial charge in [0.2, 0.25) is 5.91 Å². The van der Waals surface area contributed by atoms with Gasteiger partial charge in [-0.15, -0.1) is 0 Å². The van der Waals surface area contributed by atoms with Crippen molar-refractivity contribution in [2.75, 3.05) is 19.0 Å². The van der Waals surface area contributed by atoms with Crippen LogP contribution in [0.5, 0.6) is 0 Å². The SMILES string of the molecule is CC(C)N1C(=O)CCCC(N)C1c1ccc(N(C)C)cc1. The fraction of sp³-hybridized carbons (Fsp3) is 0.588. The highest BCUT2D eigenvalue weighted by Gasteiger charge is 2.34. The summed E-state index contributed by atoms with van der Waals surface area (Å²) < 4.78 is 0. The first-order valence-electron chi connectivity index (χ1n) is 7.76. The van der Waals surface area contributed by atoms with E-state index in [0.717, 1.165) is 24.1 Å². The van der Waals surface area contributed by atoms with Crippen LogP contribution in [0, 0.1) is 0 Å². The van der Waals surface area contributed by atoms with E-state index in [0.29, 0.717) is 6.42 Å². The summed E-state index contributed by atoms with van der Waals surface area (Å²) in [5, 5.41) is 0. The number of likely N-dealkylation sites (tertiary alicyclic amines) is 1. The second-order valence-corrected chi connectivity index (χ2v) is 6.38. The molecule has 0 saturated carbocycles. The van der Waals surface area contributed by atoms with Crippen LogP contribution in [0.2, 0.25) is 0 Å². The number of nitrogens with two attached hydrogens (primary N) is 1. The van der Waals surface area contributed by atoms with Gasteiger partial charge >= 0.3 is 0 Å². The number of rotatable bonds is 3. The lowest BCUT2D eigenvalue weighted by molar-refractivity contribution is -0.135. The second kappa shape index (κ2) is 6.48. The Balaban J connectivity index is 2.37. The van der Waals surface area contributed by atoms with Crippen LogP contribution in [0.15, 0.2) is 24.3 Å². The average molecular weight is 289 g/mol. The molecule has 1 aliphatic rings. The van der Waals surface area contributed by atoms with Gasteiger partial charge in [0.15, 0.2) is 0 Å². The van der Waals surface area contributed by atoms with Crippen LogP contribution in [0.4, 0.5) is 5.69 Å². The molecule has 1 heterocycles. The first-order chi connectivity index (χ1) is 9.91. The molecule has 2 N–H and O–H groups in total. The normalized spacial score (nSPS) is 23.3. The lowest BCUT2D eigenvalue weighted by Gasteiger charge is -2.37. The lowest BCUT2D eigenvalue weighted by atomic mass is 9.95. The molecule has 4 heteroatoms. The van der Waals surface area contributed by atoms with E-state index in [-0.39, 0.29) is 24.0 Å². The summed E-state index contributed by atoms with van der Waals surface area (Å²) in [6, 6.07) is 8.55. The van der Waals surface area contributed by atoms with Crippen molar-refractivity contribution in [3.05, 3.63) is 29.8 Å². The molecule has 2 rings (SSSR count). The molecule has 1 amide bonds. The Morgan fingerprint density at radius 3 is 2.38 bits per heavy atom. The molecule has 21 heavy (non-hydrogen) atoms. The number of amides is 1. The maximum absolute atomic E-state index is 12.4. The third kappa shape index (κ3) is 3.38. The summed E-state index contributed by atoms with van der Waals surface area (Å²) in [5.41, 5.74) is 8.69. The van der Waals surface area contributed by atoms with Gasteiger partial charge in [-0.05, 0) is 44.4 Å². The molecule has 1 aliphatic heterocycles. The van der Waals surface area contributed by atoms with Gasteiger partial charge in [-0.1, -0.05) is 12.1 Å². The topological polar surface area (TPSA) is 49.6 Å². The van der Waals surface area contributed by atoms with Gasteiger partial charge in [0, 0.05) is 38.3 Å². The highest BCUT2D eigenvalue weighted by Crippen LogP contribution is 2.32. The monoisotopic (exact) mass is 289 g/mol. The molecule has 1 fully saturated rings. The highest BCUT2D eigenvalue weighted by atomic mass is 16.2. The molecular weight excluding hydrogens is 262 g/mol. The van der Waals surface area contributed by atoms with Crippen molar-refractivity contribution in [3.63, 3.8) is 0 Å². The maximum atomic E-state index is 12.4. The van der Waals surface area contributed by atoms with Gasteiger partial charge < -0.3 is 15.5 Å². The molecular formula is C17H27N3O. The van der Waals surface area contributed by atoms with Crippen molar-refractivity contribution in [1.82, 2.24) is 4.90 Å². The smallest absolute Gasteiger partial charge is 0.223 e. The Morgan fingerprint density at radius 2 is 1.86 bits per heavy atom. The Morgan fingerprint density at radius 1 is 1.24 bits per heavy atom. The largest absolute Gasteiger partial charge is 0.378 e.